The summed E-state index contributed by atoms with van der Waals surface area (Å²) in [4.78, 5) is 12.6. The molecular weight excluding hydrogens is 661 g/mol. The van der Waals surface area contributed by atoms with Crippen LogP contribution in [0, 0.1) is 38.1 Å². The number of rotatable bonds is 3. The number of imidazole rings is 1. The van der Waals surface area contributed by atoms with E-state index in [9.17, 15) is 0 Å². The second kappa shape index (κ2) is 11.6. The molecular formula is C33H32IrN4O-2. The van der Waals surface area contributed by atoms with Gasteiger partial charge in [0.25, 0.3) is 5.84 Å². The Kier molecular flexibility index (Phi) is 5.13. The number of aromatic nitrogens is 4. The van der Waals surface area contributed by atoms with Crippen molar-refractivity contribution in [2.45, 2.75) is 47.7 Å². The summed E-state index contributed by atoms with van der Waals surface area (Å²) in [5.74, 6) is 0.421. The van der Waals surface area contributed by atoms with E-state index in [-0.39, 0.29) is 42.4 Å². The molecule has 0 aliphatic heterocycles. The Bertz CT molecular complexity index is 2040. The summed E-state index contributed by atoms with van der Waals surface area (Å²) in [6.07, 6.45) is 4.05. The van der Waals surface area contributed by atoms with E-state index in [0.29, 0.717) is 33.9 Å². The van der Waals surface area contributed by atoms with Gasteiger partial charge in [0, 0.05) is 65.5 Å². The van der Waals surface area contributed by atoms with Gasteiger partial charge in [-0.15, -0.1) is 53.6 Å². The molecule has 0 bridgehead atoms. The van der Waals surface area contributed by atoms with Crippen LogP contribution in [-0.4, -0.2) is 19.4 Å². The third kappa shape index (κ3) is 6.52. The molecule has 0 spiro atoms. The van der Waals surface area contributed by atoms with Crippen LogP contribution in [0.2, 0.25) is 0 Å². The summed E-state index contributed by atoms with van der Waals surface area (Å²) >= 11 is 0. The maximum Gasteiger partial charge on any atom is 0.295 e. The van der Waals surface area contributed by atoms with Crippen molar-refractivity contribution in [3.63, 3.8) is 0 Å². The molecule has 39 heavy (non-hydrogen) atoms. The van der Waals surface area contributed by atoms with Gasteiger partial charge in [-0.3, -0.25) is 4.40 Å². The molecule has 0 fully saturated rings. The molecule has 5 nitrogen and oxygen atoms in total. The molecule has 4 aromatic heterocycles. The normalized spacial score (nSPS) is 16.7. The Morgan fingerprint density at radius 3 is 2.46 bits per heavy atom. The minimum atomic E-state index is -2.49. The van der Waals surface area contributed by atoms with Crippen LogP contribution in [-0.2, 0) is 26.5 Å². The largest absolute Gasteiger partial charge is 0.472 e. The van der Waals surface area contributed by atoms with Gasteiger partial charge < -0.3 is 14.4 Å². The Morgan fingerprint density at radius 2 is 1.77 bits per heavy atom. The summed E-state index contributed by atoms with van der Waals surface area (Å²) in [5.41, 5.74) is 2.91. The summed E-state index contributed by atoms with van der Waals surface area (Å²) in [7, 11) is 0. The first-order chi connectivity index (χ1) is 22.6. The average Bonchev–Trinajstić information content (AvgIpc) is 3.61. The average molecular weight is 704 g/mol. The predicted octanol–water partition coefficient (Wildman–Crippen LogP) is 8.00. The van der Waals surface area contributed by atoms with E-state index >= 15 is 0 Å². The molecule has 0 amide bonds. The number of hydrogen-bond donors (Lipinski definition) is 0. The monoisotopic (exact) mass is 704 g/mol. The van der Waals surface area contributed by atoms with Crippen molar-refractivity contribution in [3.05, 3.63) is 108 Å². The van der Waals surface area contributed by atoms with Gasteiger partial charge in [0.15, 0.2) is 0 Å². The van der Waals surface area contributed by atoms with E-state index < -0.39 is 32.3 Å². The fourth-order valence-corrected chi connectivity index (χ4v) is 3.83. The van der Waals surface area contributed by atoms with Gasteiger partial charge in [0.1, 0.15) is 0 Å². The van der Waals surface area contributed by atoms with Gasteiger partial charge in [-0.2, -0.15) is 0 Å². The number of nitrogens with zero attached hydrogens (tertiary/aromatic N) is 4. The molecule has 0 atom stereocenters. The van der Waals surface area contributed by atoms with Gasteiger partial charge in [-0.25, -0.2) is 4.98 Å². The summed E-state index contributed by atoms with van der Waals surface area (Å²) in [6.45, 7) is -1.60. The van der Waals surface area contributed by atoms with Crippen molar-refractivity contribution in [2.24, 2.45) is 5.41 Å². The summed E-state index contributed by atoms with van der Waals surface area (Å²) in [6, 6.07) is 18.6. The Labute approximate surface area is 259 Å². The molecule has 0 aliphatic rings. The molecule has 0 saturated heterocycles. The van der Waals surface area contributed by atoms with E-state index in [4.69, 9.17) is 19.5 Å². The van der Waals surface area contributed by atoms with Crippen molar-refractivity contribution in [1.82, 2.24) is 19.4 Å². The fraction of sp³-hybridized carbons (Fsp3) is 0.242. The first-order valence-electron chi connectivity index (χ1n) is 17.4. The number of pyridine rings is 2. The smallest absolute Gasteiger partial charge is 0.295 e. The third-order valence-electron chi connectivity index (χ3n) is 5.51. The first kappa shape index (κ1) is 17.2. The van der Waals surface area contributed by atoms with Crippen LogP contribution in [0.4, 0.5) is 0 Å². The van der Waals surface area contributed by atoms with E-state index in [2.05, 4.69) is 27.1 Å². The number of benzene rings is 2. The van der Waals surface area contributed by atoms with Gasteiger partial charge in [0.05, 0.1) is 5.58 Å². The second-order valence-corrected chi connectivity index (χ2v) is 9.66. The van der Waals surface area contributed by atoms with E-state index in [1.165, 1.54) is 36.7 Å². The quantitative estimate of drug-likeness (QED) is 0.175. The van der Waals surface area contributed by atoms with Crippen molar-refractivity contribution in [3.8, 4) is 22.5 Å². The van der Waals surface area contributed by atoms with Crippen LogP contribution >= 0.6 is 0 Å². The molecule has 0 saturated carbocycles. The zero-order valence-corrected chi connectivity index (χ0v) is 23.9. The van der Waals surface area contributed by atoms with Crippen molar-refractivity contribution in [1.29, 1.82) is 0 Å². The van der Waals surface area contributed by atoms with E-state index in [1.807, 2.05) is 6.07 Å². The third-order valence-corrected chi connectivity index (χ3v) is 5.51. The molecule has 6 aromatic rings. The van der Waals surface area contributed by atoms with Crippen molar-refractivity contribution < 1.29 is 39.6 Å². The fourth-order valence-electron chi connectivity index (χ4n) is 3.83. The predicted molar refractivity (Wildman–Crippen MR) is 153 cm³/mol. The minimum Gasteiger partial charge on any atom is -0.472 e. The van der Waals surface area contributed by atoms with E-state index in [1.54, 1.807) is 55.8 Å². The van der Waals surface area contributed by atoms with Crippen LogP contribution in [0.3, 0.4) is 0 Å². The molecule has 201 valence electrons. The first-order valence-corrected chi connectivity index (χ1v) is 11.9. The van der Waals surface area contributed by atoms with Gasteiger partial charge in [0.2, 0.25) is 0 Å². The Balaban J connectivity index is 0.000000236. The zero-order chi connectivity index (χ0) is 36.2. The molecule has 2 aromatic carbocycles. The zero-order valence-electron chi connectivity index (χ0n) is 32.5. The molecule has 1 radical (unpaired) electrons. The minimum absolute atomic E-state index is 0. The molecule has 4 heterocycles. The van der Waals surface area contributed by atoms with Gasteiger partial charge in [-0.1, -0.05) is 56.9 Å². The summed E-state index contributed by atoms with van der Waals surface area (Å²) in [5, 5.41) is 0. The number of hydrogen-bond acceptors (Lipinski definition) is 4. The Morgan fingerprint density at radius 1 is 0.949 bits per heavy atom. The molecule has 0 N–H and O–H groups in total. The van der Waals surface area contributed by atoms with Gasteiger partial charge in [-0.05, 0) is 48.0 Å². The van der Waals surface area contributed by atoms with Crippen molar-refractivity contribution in [2.75, 3.05) is 0 Å². The Hall–Kier alpha value is -3.60. The number of fused-ring (bicyclic) bond motifs is 3. The molecule has 0 unspecified atom stereocenters. The summed E-state index contributed by atoms with van der Waals surface area (Å²) < 4.78 is 92.1. The molecule has 0 aliphatic carbocycles. The van der Waals surface area contributed by atoms with Crippen LogP contribution in [0.1, 0.15) is 58.1 Å². The van der Waals surface area contributed by atoms with Gasteiger partial charge >= 0.3 is 0 Å². The maximum absolute atomic E-state index is 8.67. The van der Waals surface area contributed by atoms with Crippen LogP contribution in [0.25, 0.3) is 39.5 Å². The van der Waals surface area contributed by atoms with Crippen LogP contribution in [0.5, 0.6) is 0 Å². The standard InChI is InChI=1S/C20H20N3O.C13H12N.Ir/c1-13-12-22-16(10-14(13)11-20(2,3)4)15-6-5-7-17-18(15)24-19-21-8-9-23(17)19;1-10-3-6-12(7-4-10)13-8-5-11(2)9-14-13;/h5,7-10,12H,11H2,1-4H3;3-6,8-9H,1-2H3;/q2*-1;/i1D3,11D2;1D3,2D3;. The second-order valence-electron chi connectivity index (χ2n) is 9.66. The number of aryl methyl sites for hydroxylation is 3. The molecule has 6 heteroatoms. The van der Waals surface area contributed by atoms with Crippen LogP contribution < -0.4 is 0 Å². The maximum atomic E-state index is 8.67. The number of oxazole rings is 1. The molecule has 6 rings (SSSR count). The van der Waals surface area contributed by atoms with Crippen LogP contribution in [0.15, 0.2) is 77.7 Å². The topological polar surface area (TPSA) is 56.2 Å². The van der Waals surface area contributed by atoms with E-state index in [0.717, 1.165) is 5.52 Å². The SMILES string of the molecule is [2H]C([2H])([2H])c1c[c-]c(-c2ccc(C([2H])([2H])[2H])cn2)cc1.[2H]C([2H])([2H])c1cnc(-c2[c-]ccc3c2oc2nccn23)cc1C([2H])([2H])C(C)(C)C.[Ir]. The van der Waals surface area contributed by atoms with Crippen molar-refractivity contribution >= 4 is 16.9 Å².